The number of hydrogen-bond donors (Lipinski definition) is 1. The van der Waals surface area contributed by atoms with E-state index in [2.05, 4.69) is 32.4 Å². The minimum absolute atomic E-state index is 0.608. The van der Waals surface area contributed by atoms with Gasteiger partial charge in [-0.3, -0.25) is 4.68 Å². The maximum atomic E-state index is 5.58. The van der Waals surface area contributed by atoms with Crippen LogP contribution in [0, 0.1) is 0 Å². The Balaban J connectivity index is 1.92. The van der Waals surface area contributed by atoms with Crippen LogP contribution in [-0.4, -0.2) is 30.0 Å². The average molecular weight is 354 g/mol. The molecule has 0 aliphatic heterocycles. The van der Waals surface area contributed by atoms with E-state index in [1.165, 1.54) is 0 Å². The van der Waals surface area contributed by atoms with E-state index >= 15 is 0 Å². The van der Waals surface area contributed by atoms with Crippen molar-refractivity contribution < 1.29 is 9.47 Å². The molecule has 2 rings (SSSR count). The van der Waals surface area contributed by atoms with Crippen molar-refractivity contribution in [1.29, 1.82) is 0 Å². The lowest BCUT2D eigenvalue weighted by Crippen LogP contribution is -2.19. The monoisotopic (exact) mass is 353 g/mol. The normalized spacial score (nSPS) is 10.6. The van der Waals surface area contributed by atoms with Crippen molar-refractivity contribution in [2.45, 2.75) is 20.0 Å². The standard InChI is InChI=1S/C15H20BrN3O2/c1-3-21-15-13(16)9-12(10-14(15)20-2)11-17-6-8-19-7-4-5-18-19/h4-5,7,9-10,17H,3,6,8,11H2,1-2H3. The Morgan fingerprint density at radius 2 is 2.24 bits per heavy atom. The van der Waals surface area contributed by atoms with Gasteiger partial charge in [-0.1, -0.05) is 0 Å². The molecule has 0 aliphatic carbocycles. The van der Waals surface area contributed by atoms with Gasteiger partial charge in [0.15, 0.2) is 11.5 Å². The summed E-state index contributed by atoms with van der Waals surface area (Å²) in [5.41, 5.74) is 1.14. The molecule has 1 N–H and O–H groups in total. The first-order valence-corrected chi connectivity index (χ1v) is 7.71. The predicted molar refractivity (Wildman–Crippen MR) is 85.8 cm³/mol. The maximum Gasteiger partial charge on any atom is 0.175 e. The zero-order valence-electron chi connectivity index (χ0n) is 12.3. The molecule has 5 nitrogen and oxygen atoms in total. The number of hydrogen-bond acceptors (Lipinski definition) is 4. The van der Waals surface area contributed by atoms with Crippen molar-refractivity contribution in [3.05, 3.63) is 40.6 Å². The van der Waals surface area contributed by atoms with Gasteiger partial charge in [0.2, 0.25) is 0 Å². The first kappa shape index (κ1) is 15.9. The van der Waals surface area contributed by atoms with E-state index in [1.54, 1.807) is 13.3 Å². The highest BCUT2D eigenvalue weighted by atomic mass is 79.9. The molecule has 1 aromatic carbocycles. The lowest BCUT2D eigenvalue weighted by atomic mass is 10.2. The highest BCUT2D eigenvalue weighted by Gasteiger charge is 2.10. The van der Waals surface area contributed by atoms with Crippen LogP contribution in [0.3, 0.4) is 0 Å². The molecule has 21 heavy (non-hydrogen) atoms. The summed E-state index contributed by atoms with van der Waals surface area (Å²) in [7, 11) is 1.65. The minimum Gasteiger partial charge on any atom is -0.493 e. The number of benzene rings is 1. The number of ether oxygens (including phenoxy) is 2. The molecule has 0 unspecified atom stereocenters. The molecule has 1 aromatic heterocycles. The Labute approximate surface area is 133 Å². The molecule has 0 saturated carbocycles. The average Bonchev–Trinajstić information content (AvgIpc) is 2.99. The highest BCUT2D eigenvalue weighted by molar-refractivity contribution is 9.10. The molecule has 0 amide bonds. The second-order valence-electron chi connectivity index (χ2n) is 4.49. The molecule has 2 aromatic rings. The maximum absolute atomic E-state index is 5.58. The van der Waals surface area contributed by atoms with Crippen molar-refractivity contribution in [1.82, 2.24) is 15.1 Å². The molecule has 1 heterocycles. The highest BCUT2D eigenvalue weighted by Crippen LogP contribution is 2.36. The van der Waals surface area contributed by atoms with E-state index in [0.29, 0.717) is 6.61 Å². The summed E-state index contributed by atoms with van der Waals surface area (Å²) in [6, 6.07) is 5.97. The van der Waals surface area contributed by atoms with Gasteiger partial charge in [0, 0.05) is 25.5 Å². The van der Waals surface area contributed by atoms with Crippen molar-refractivity contribution >= 4 is 15.9 Å². The molecule has 0 spiro atoms. The van der Waals surface area contributed by atoms with Crippen LogP contribution in [0.15, 0.2) is 35.1 Å². The molecule has 0 fully saturated rings. The number of nitrogens with zero attached hydrogens (tertiary/aromatic N) is 2. The van der Waals surface area contributed by atoms with E-state index in [9.17, 15) is 0 Å². The fraction of sp³-hybridized carbons (Fsp3) is 0.400. The lowest BCUT2D eigenvalue weighted by molar-refractivity contribution is 0.308. The third-order valence-corrected chi connectivity index (χ3v) is 3.57. The molecule has 114 valence electrons. The van der Waals surface area contributed by atoms with Crippen LogP contribution in [-0.2, 0) is 13.1 Å². The molecule has 0 saturated heterocycles. The fourth-order valence-corrected chi connectivity index (χ4v) is 2.62. The molecular weight excluding hydrogens is 334 g/mol. The number of nitrogens with one attached hydrogen (secondary N) is 1. The zero-order chi connectivity index (χ0) is 15.1. The van der Waals surface area contributed by atoms with Gasteiger partial charge < -0.3 is 14.8 Å². The van der Waals surface area contributed by atoms with E-state index in [-0.39, 0.29) is 0 Å². The zero-order valence-corrected chi connectivity index (χ0v) is 13.9. The van der Waals surface area contributed by atoms with Crippen LogP contribution < -0.4 is 14.8 Å². The van der Waals surface area contributed by atoms with E-state index in [4.69, 9.17) is 9.47 Å². The van der Waals surface area contributed by atoms with Gasteiger partial charge in [-0.25, -0.2) is 0 Å². The van der Waals surface area contributed by atoms with Crippen molar-refractivity contribution in [3.63, 3.8) is 0 Å². The smallest absolute Gasteiger partial charge is 0.175 e. The Morgan fingerprint density at radius 3 is 2.90 bits per heavy atom. The van der Waals surface area contributed by atoms with Crippen molar-refractivity contribution in [2.24, 2.45) is 0 Å². The van der Waals surface area contributed by atoms with Crippen LogP contribution in [0.1, 0.15) is 12.5 Å². The summed E-state index contributed by atoms with van der Waals surface area (Å²) in [4.78, 5) is 0. The molecule has 0 aliphatic rings. The third-order valence-electron chi connectivity index (χ3n) is 2.98. The van der Waals surface area contributed by atoms with Gasteiger partial charge in [-0.15, -0.1) is 0 Å². The molecule has 0 atom stereocenters. The van der Waals surface area contributed by atoms with Gasteiger partial charge >= 0.3 is 0 Å². The van der Waals surface area contributed by atoms with Gasteiger partial charge in [0.05, 0.1) is 24.7 Å². The topological polar surface area (TPSA) is 48.3 Å². The van der Waals surface area contributed by atoms with Gasteiger partial charge in [-0.05, 0) is 46.6 Å². The fourth-order valence-electron chi connectivity index (χ4n) is 2.02. The summed E-state index contributed by atoms with van der Waals surface area (Å²) in [5, 5.41) is 7.56. The van der Waals surface area contributed by atoms with Crippen LogP contribution in [0.4, 0.5) is 0 Å². The second-order valence-corrected chi connectivity index (χ2v) is 5.34. The van der Waals surface area contributed by atoms with Gasteiger partial charge in [0.1, 0.15) is 0 Å². The van der Waals surface area contributed by atoms with Crippen molar-refractivity contribution in [2.75, 3.05) is 20.3 Å². The number of halogens is 1. The van der Waals surface area contributed by atoms with Gasteiger partial charge in [0.25, 0.3) is 0 Å². The largest absolute Gasteiger partial charge is 0.493 e. The lowest BCUT2D eigenvalue weighted by Gasteiger charge is -2.13. The van der Waals surface area contributed by atoms with E-state index in [0.717, 1.165) is 41.2 Å². The Kier molecular flexibility index (Phi) is 6.07. The molecule has 6 heteroatoms. The first-order valence-electron chi connectivity index (χ1n) is 6.92. The second kappa shape index (κ2) is 8.05. The summed E-state index contributed by atoms with van der Waals surface area (Å²) >= 11 is 3.53. The molecular formula is C15H20BrN3O2. The summed E-state index contributed by atoms with van der Waals surface area (Å²) in [5.74, 6) is 1.50. The van der Waals surface area contributed by atoms with Crippen LogP contribution in [0.5, 0.6) is 11.5 Å². The predicted octanol–water partition coefficient (Wildman–Crippen LogP) is 2.84. The van der Waals surface area contributed by atoms with E-state index < -0.39 is 0 Å². The third kappa shape index (κ3) is 4.47. The van der Waals surface area contributed by atoms with E-state index in [1.807, 2.05) is 29.9 Å². The number of methoxy groups -OCH3 is 1. The van der Waals surface area contributed by atoms with Crippen molar-refractivity contribution in [3.8, 4) is 11.5 Å². The number of aromatic nitrogens is 2. The first-order chi connectivity index (χ1) is 10.2. The quantitative estimate of drug-likeness (QED) is 0.741. The number of rotatable bonds is 8. The molecule has 0 bridgehead atoms. The van der Waals surface area contributed by atoms with Crippen LogP contribution in [0.25, 0.3) is 0 Å². The Hall–Kier alpha value is -1.53. The minimum atomic E-state index is 0.608. The van der Waals surface area contributed by atoms with Crippen LogP contribution in [0.2, 0.25) is 0 Å². The Morgan fingerprint density at radius 1 is 1.38 bits per heavy atom. The summed E-state index contributed by atoms with van der Waals surface area (Å²) in [6.45, 7) is 5.03. The SMILES string of the molecule is CCOc1c(Br)cc(CNCCn2cccn2)cc1OC. The Bertz CT molecular complexity index is 558. The van der Waals surface area contributed by atoms with Gasteiger partial charge in [-0.2, -0.15) is 5.10 Å². The summed E-state index contributed by atoms with van der Waals surface area (Å²) < 4.78 is 13.8. The molecule has 0 radical (unpaired) electrons. The van der Waals surface area contributed by atoms with Crippen LogP contribution >= 0.6 is 15.9 Å². The summed E-state index contributed by atoms with van der Waals surface area (Å²) in [6.07, 6.45) is 3.74.